The van der Waals surface area contributed by atoms with Crippen molar-refractivity contribution >= 4 is 11.7 Å². The van der Waals surface area contributed by atoms with Gasteiger partial charge in [0.15, 0.2) is 11.9 Å². The molecule has 78 valence electrons. The number of carbonyl (C=O) groups is 2. The van der Waals surface area contributed by atoms with Gasteiger partial charge in [-0.25, -0.2) is 4.39 Å². The number of halogens is 1. The molecule has 0 aliphatic carbocycles. The predicted octanol–water partition coefficient (Wildman–Crippen LogP) is 0.645. The normalized spacial score (nSPS) is 19.3. The van der Waals surface area contributed by atoms with Gasteiger partial charge in [-0.05, 0) is 18.2 Å². The van der Waals surface area contributed by atoms with Crippen molar-refractivity contribution in [3.05, 3.63) is 29.6 Å². The molecule has 2 rings (SSSR count). The Bertz CT molecular complexity index is 444. The number of primary amides is 1. The summed E-state index contributed by atoms with van der Waals surface area (Å²) in [4.78, 5) is 22.3. The van der Waals surface area contributed by atoms with E-state index in [1.807, 2.05) is 0 Å². The summed E-state index contributed by atoms with van der Waals surface area (Å²) in [5.41, 5.74) is 5.19. The zero-order valence-corrected chi connectivity index (χ0v) is 7.70. The van der Waals surface area contributed by atoms with Gasteiger partial charge in [0.2, 0.25) is 0 Å². The van der Waals surface area contributed by atoms with Gasteiger partial charge in [0.1, 0.15) is 11.6 Å². The Morgan fingerprint density at radius 1 is 1.53 bits per heavy atom. The molecular weight excluding hydrogens is 201 g/mol. The SMILES string of the molecule is NC(=O)C1CC(=O)c2cc(F)ccc2O1. The first kappa shape index (κ1) is 9.64. The van der Waals surface area contributed by atoms with Gasteiger partial charge >= 0.3 is 0 Å². The molecule has 0 fully saturated rings. The molecule has 1 aliphatic rings. The van der Waals surface area contributed by atoms with Gasteiger partial charge in [-0.15, -0.1) is 0 Å². The van der Waals surface area contributed by atoms with Gasteiger partial charge in [-0.1, -0.05) is 0 Å². The minimum Gasteiger partial charge on any atom is -0.479 e. The van der Waals surface area contributed by atoms with E-state index >= 15 is 0 Å². The van der Waals surface area contributed by atoms with E-state index in [-0.39, 0.29) is 23.5 Å². The van der Waals surface area contributed by atoms with Crippen LogP contribution in [0, 0.1) is 5.82 Å². The van der Waals surface area contributed by atoms with Crippen molar-refractivity contribution in [2.45, 2.75) is 12.5 Å². The van der Waals surface area contributed by atoms with E-state index in [0.29, 0.717) is 0 Å². The Balaban J connectivity index is 2.41. The number of rotatable bonds is 1. The largest absolute Gasteiger partial charge is 0.479 e. The van der Waals surface area contributed by atoms with Crippen molar-refractivity contribution in [1.82, 2.24) is 0 Å². The molecular formula is C10H8FNO3. The van der Waals surface area contributed by atoms with Crippen LogP contribution in [0.2, 0.25) is 0 Å². The summed E-state index contributed by atoms with van der Waals surface area (Å²) in [6.45, 7) is 0. The lowest BCUT2D eigenvalue weighted by Gasteiger charge is -2.22. The van der Waals surface area contributed by atoms with Crippen molar-refractivity contribution < 1.29 is 18.7 Å². The molecule has 0 aromatic heterocycles. The number of nitrogens with two attached hydrogens (primary N) is 1. The van der Waals surface area contributed by atoms with Gasteiger partial charge in [-0.2, -0.15) is 0 Å². The van der Waals surface area contributed by atoms with E-state index in [0.717, 1.165) is 12.1 Å². The minimum atomic E-state index is -0.949. The van der Waals surface area contributed by atoms with Crippen LogP contribution in [0.5, 0.6) is 5.75 Å². The van der Waals surface area contributed by atoms with E-state index in [2.05, 4.69) is 0 Å². The van der Waals surface area contributed by atoms with Crippen molar-refractivity contribution in [3.8, 4) is 5.75 Å². The third kappa shape index (κ3) is 1.68. The van der Waals surface area contributed by atoms with Crippen LogP contribution < -0.4 is 10.5 Å². The number of fused-ring (bicyclic) bond motifs is 1. The third-order valence-electron chi connectivity index (χ3n) is 2.20. The molecule has 1 aromatic rings. The van der Waals surface area contributed by atoms with Gasteiger partial charge in [0.05, 0.1) is 12.0 Å². The second-order valence-corrected chi connectivity index (χ2v) is 3.28. The molecule has 2 N–H and O–H groups in total. The molecule has 0 bridgehead atoms. The maximum absolute atomic E-state index is 12.8. The maximum atomic E-state index is 12.8. The number of carbonyl (C=O) groups excluding carboxylic acids is 2. The highest BCUT2D eigenvalue weighted by Gasteiger charge is 2.30. The summed E-state index contributed by atoms with van der Waals surface area (Å²) in [5, 5.41) is 0. The highest BCUT2D eigenvalue weighted by atomic mass is 19.1. The van der Waals surface area contributed by atoms with Crippen molar-refractivity contribution in [3.63, 3.8) is 0 Å². The maximum Gasteiger partial charge on any atom is 0.258 e. The number of hydrogen-bond donors (Lipinski definition) is 1. The second-order valence-electron chi connectivity index (χ2n) is 3.28. The second kappa shape index (κ2) is 3.34. The molecule has 1 aromatic carbocycles. The third-order valence-corrected chi connectivity index (χ3v) is 2.20. The molecule has 1 aliphatic heterocycles. The first-order valence-corrected chi connectivity index (χ1v) is 4.36. The number of benzene rings is 1. The highest BCUT2D eigenvalue weighted by molar-refractivity contribution is 6.02. The molecule has 1 heterocycles. The molecule has 1 unspecified atom stereocenters. The van der Waals surface area contributed by atoms with E-state index in [1.165, 1.54) is 6.07 Å². The molecule has 0 saturated heterocycles. The van der Waals surface area contributed by atoms with Gasteiger partial charge < -0.3 is 10.5 Å². The zero-order valence-electron chi connectivity index (χ0n) is 7.70. The molecule has 4 nitrogen and oxygen atoms in total. The Hall–Kier alpha value is -1.91. The van der Waals surface area contributed by atoms with Crippen LogP contribution in [0.3, 0.4) is 0 Å². The highest BCUT2D eigenvalue weighted by Crippen LogP contribution is 2.27. The van der Waals surface area contributed by atoms with Gasteiger partial charge in [-0.3, -0.25) is 9.59 Å². The lowest BCUT2D eigenvalue weighted by atomic mass is 10.0. The fraction of sp³-hybridized carbons (Fsp3) is 0.200. The van der Waals surface area contributed by atoms with Crippen LogP contribution in [-0.2, 0) is 4.79 Å². The first-order valence-electron chi connectivity index (χ1n) is 4.36. The van der Waals surface area contributed by atoms with Crippen LogP contribution in [0.25, 0.3) is 0 Å². The summed E-state index contributed by atoms with van der Waals surface area (Å²) in [6.07, 6.45) is -1.08. The van der Waals surface area contributed by atoms with Crippen LogP contribution in [0.4, 0.5) is 4.39 Å². The van der Waals surface area contributed by atoms with E-state index in [1.54, 1.807) is 0 Å². The topological polar surface area (TPSA) is 69.4 Å². The Morgan fingerprint density at radius 3 is 2.93 bits per heavy atom. The molecule has 15 heavy (non-hydrogen) atoms. The number of amides is 1. The van der Waals surface area contributed by atoms with Gasteiger partial charge in [0, 0.05) is 0 Å². The molecule has 1 atom stereocenters. The Labute approximate surface area is 84.8 Å². The first-order chi connectivity index (χ1) is 7.08. The zero-order chi connectivity index (χ0) is 11.0. The number of Topliss-reactive ketones (excluding diaryl/α,β-unsaturated/α-hetero) is 1. The van der Waals surface area contributed by atoms with E-state index in [4.69, 9.17) is 10.5 Å². The fourth-order valence-electron chi connectivity index (χ4n) is 1.45. The summed E-state index contributed by atoms with van der Waals surface area (Å²) in [7, 11) is 0. The van der Waals surface area contributed by atoms with Crippen LogP contribution >= 0.6 is 0 Å². The van der Waals surface area contributed by atoms with Crippen molar-refractivity contribution in [1.29, 1.82) is 0 Å². The summed E-state index contributed by atoms with van der Waals surface area (Å²) >= 11 is 0. The molecule has 0 saturated carbocycles. The number of hydrogen-bond acceptors (Lipinski definition) is 3. The standard InChI is InChI=1S/C10H8FNO3/c11-5-1-2-8-6(3-5)7(13)4-9(15-8)10(12)14/h1-3,9H,4H2,(H2,12,14). The lowest BCUT2D eigenvalue weighted by Crippen LogP contribution is -2.38. The molecule has 0 spiro atoms. The van der Waals surface area contributed by atoms with E-state index < -0.39 is 17.8 Å². The molecule has 5 heteroatoms. The van der Waals surface area contributed by atoms with Crippen LogP contribution in [0.15, 0.2) is 18.2 Å². The summed E-state index contributed by atoms with van der Waals surface area (Å²) in [6, 6.07) is 3.57. The number of ether oxygens (including phenoxy) is 1. The summed E-state index contributed by atoms with van der Waals surface area (Å²) in [5.74, 6) is -1.34. The minimum absolute atomic E-state index is 0.133. The summed E-state index contributed by atoms with van der Waals surface area (Å²) < 4.78 is 18.0. The average molecular weight is 209 g/mol. The van der Waals surface area contributed by atoms with Crippen LogP contribution in [-0.4, -0.2) is 17.8 Å². The predicted molar refractivity (Wildman–Crippen MR) is 49.0 cm³/mol. The lowest BCUT2D eigenvalue weighted by molar-refractivity contribution is -0.124. The number of ketones is 1. The quantitative estimate of drug-likeness (QED) is 0.738. The van der Waals surface area contributed by atoms with Crippen LogP contribution in [0.1, 0.15) is 16.8 Å². The van der Waals surface area contributed by atoms with Crippen molar-refractivity contribution in [2.24, 2.45) is 5.73 Å². The van der Waals surface area contributed by atoms with Gasteiger partial charge in [0.25, 0.3) is 5.91 Å². The monoisotopic (exact) mass is 209 g/mol. The fourth-order valence-corrected chi connectivity index (χ4v) is 1.45. The molecule has 1 amide bonds. The molecule has 0 radical (unpaired) electrons. The van der Waals surface area contributed by atoms with E-state index in [9.17, 15) is 14.0 Å². The smallest absolute Gasteiger partial charge is 0.258 e. The average Bonchev–Trinajstić information content (AvgIpc) is 2.18. The Morgan fingerprint density at radius 2 is 2.27 bits per heavy atom. The van der Waals surface area contributed by atoms with Crippen molar-refractivity contribution in [2.75, 3.05) is 0 Å². The Kier molecular flexibility index (Phi) is 2.15.